The molecule has 106 valence electrons. The number of hydrogen-bond acceptors (Lipinski definition) is 5. The average molecular weight is 270 g/mol. The highest BCUT2D eigenvalue weighted by Gasteiger charge is 2.52. The van der Waals surface area contributed by atoms with Gasteiger partial charge < -0.3 is 14.4 Å². The lowest BCUT2D eigenvalue weighted by Gasteiger charge is -2.37. The van der Waals surface area contributed by atoms with E-state index in [1.54, 1.807) is 20.8 Å². The highest BCUT2D eigenvalue weighted by Crippen LogP contribution is 2.29. The molecule has 1 N–H and O–H groups in total. The third kappa shape index (κ3) is 2.80. The van der Waals surface area contributed by atoms with Gasteiger partial charge in [-0.3, -0.25) is 10.1 Å². The molecule has 1 atom stereocenters. The minimum absolute atomic E-state index is 0.0412. The van der Waals surface area contributed by atoms with E-state index in [9.17, 15) is 14.4 Å². The van der Waals surface area contributed by atoms with Crippen molar-refractivity contribution >= 4 is 18.1 Å². The molecule has 0 aromatic heterocycles. The highest BCUT2D eigenvalue weighted by atomic mass is 16.6. The van der Waals surface area contributed by atoms with Crippen LogP contribution in [0.1, 0.15) is 33.6 Å². The lowest BCUT2D eigenvalue weighted by atomic mass is 9.92. The van der Waals surface area contributed by atoms with Gasteiger partial charge in [-0.15, -0.1) is 0 Å². The van der Waals surface area contributed by atoms with Gasteiger partial charge in [0.2, 0.25) is 5.60 Å². The minimum atomic E-state index is -1.24. The number of rotatable bonds is 0. The van der Waals surface area contributed by atoms with Crippen LogP contribution in [0.25, 0.3) is 0 Å². The first-order chi connectivity index (χ1) is 8.72. The fourth-order valence-electron chi connectivity index (χ4n) is 2.23. The van der Waals surface area contributed by atoms with Crippen LogP contribution in [0, 0.1) is 0 Å². The molecule has 3 amide bonds. The number of nitrogens with zero attached hydrogens (tertiary/aromatic N) is 1. The van der Waals surface area contributed by atoms with E-state index in [0.717, 1.165) is 0 Å². The highest BCUT2D eigenvalue weighted by molar-refractivity contribution is 6.03. The molecule has 1 spiro atoms. The molecule has 0 aromatic rings. The molecule has 0 aliphatic carbocycles. The fraction of sp³-hybridized carbons (Fsp3) is 0.750. The summed E-state index contributed by atoms with van der Waals surface area (Å²) in [5, 5.41) is 2.11. The van der Waals surface area contributed by atoms with E-state index >= 15 is 0 Å². The standard InChI is InChI=1S/C12H18N2O5/c1-11(2,3)19-10(17)14-6-4-5-12(7-14)8(15)13-9(16)18-12/h4-7H2,1-3H3,(H,13,15,16)/t12-/m0/s1. The zero-order valence-corrected chi connectivity index (χ0v) is 11.3. The van der Waals surface area contributed by atoms with Crippen LogP contribution in [0.5, 0.6) is 0 Å². The van der Waals surface area contributed by atoms with Crippen LogP contribution < -0.4 is 5.32 Å². The number of likely N-dealkylation sites (tertiary alicyclic amines) is 1. The SMILES string of the molecule is CC(C)(C)OC(=O)N1CCC[C@@]2(C1)OC(=O)NC2=O. The average Bonchev–Trinajstić information content (AvgIpc) is 2.51. The third-order valence-corrected chi connectivity index (χ3v) is 3.02. The van der Waals surface area contributed by atoms with Gasteiger partial charge in [0.1, 0.15) is 5.60 Å². The number of nitrogens with one attached hydrogen (secondary N) is 1. The maximum atomic E-state index is 12.0. The molecule has 2 fully saturated rings. The number of alkyl carbamates (subject to hydrolysis) is 1. The maximum absolute atomic E-state index is 12.0. The van der Waals surface area contributed by atoms with Crippen molar-refractivity contribution in [2.45, 2.75) is 44.8 Å². The van der Waals surface area contributed by atoms with Gasteiger partial charge in [0.05, 0.1) is 6.54 Å². The van der Waals surface area contributed by atoms with E-state index in [1.807, 2.05) is 0 Å². The lowest BCUT2D eigenvalue weighted by Crippen LogP contribution is -2.55. The quantitative estimate of drug-likeness (QED) is 0.710. The molecule has 0 radical (unpaired) electrons. The van der Waals surface area contributed by atoms with E-state index in [4.69, 9.17) is 9.47 Å². The molecule has 0 bridgehead atoms. The zero-order valence-electron chi connectivity index (χ0n) is 11.3. The summed E-state index contributed by atoms with van der Waals surface area (Å²) in [6, 6.07) is 0. The van der Waals surface area contributed by atoms with E-state index in [0.29, 0.717) is 19.4 Å². The third-order valence-electron chi connectivity index (χ3n) is 3.02. The molecular formula is C12H18N2O5. The van der Waals surface area contributed by atoms with Crippen molar-refractivity contribution in [2.75, 3.05) is 13.1 Å². The number of piperidine rings is 1. The Morgan fingerprint density at radius 1 is 1.42 bits per heavy atom. The summed E-state index contributed by atoms with van der Waals surface area (Å²) >= 11 is 0. The molecule has 7 heteroatoms. The van der Waals surface area contributed by atoms with Crippen LogP contribution >= 0.6 is 0 Å². The molecule has 19 heavy (non-hydrogen) atoms. The van der Waals surface area contributed by atoms with Crippen LogP contribution in [-0.2, 0) is 14.3 Å². The van der Waals surface area contributed by atoms with Gasteiger partial charge in [0.25, 0.3) is 5.91 Å². The maximum Gasteiger partial charge on any atom is 0.415 e. The van der Waals surface area contributed by atoms with Crippen LogP contribution in [0.3, 0.4) is 0 Å². The largest absolute Gasteiger partial charge is 0.444 e. The second-order valence-corrected chi connectivity index (χ2v) is 5.84. The van der Waals surface area contributed by atoms with Crippen molar-refractivity contribution in [1.82, 2.24) is 10.2 Å². The van der Waals surface area contributed by atoms with Crippen LogP contribution in [0.4, 0.5) is 9.59 Å². The summed E-state index contributed by atoms with van der Waals surface area (Å²) in [6.45, 7) is 5.84. The fourth-order valence-corrected chi connectivity index (χ4v) is 2.23. The van der Waals surface area contributed by atoms with Crippen LogP contribution in [0.2, 0.25) is 0 Å². The Kier molecular flexibility index (Phi) is 3.15. The summed E-state index contributed by atoms with van der Waals surface area (Å²) in [6.07, 6.45) is -0.248. The number of carbonyl (C=O) groups excluding carboxylic acids is 3. The first-order valence-corrected chi connectivity index (χ1v) is 6.24. The number of amides is 3. The first-order valence-electron chi connectivity index (χ1n) is 6.24. The smallest absolute Gasteiger partial charge is 0.415 e. The van der Waals surface area contributed by atoms with Gasteiger partial charge in [-0.25, -0.2) is 9.59 Å². The number of hydrogen-bond donors (Lipinski definition) is 1. The Hall–Kier alpha value is -1.79. The van der Waals surface area contributed by atoms with Crippen molar-refractivity contribution in [3.8, 4) is 0 Å². The molecule has 0 unspecified atom stereocenters. The van der Waals surface area contributed by atoms with Crippen molar-refractivity contribution in [3.63, 3.8) is 0 Å². The van der Waals surface area contributed by atoms with Gasteiger partial charge >= 0.3 is 12.2 Å². The van der Waals surface area contributed by atoms with Crippen LogP contribution in [0.15, 0.2) is 0 Å². The van der Waals surface area contributed by atoms with E-state index in [-0.39, 0.29) is 6.54 Å². The normalized spacial score (nSPS) is 27.2. The van der Waals surface area contributed by atoms with E-state index in [1.165, 1.54) is 4.90 Å². The van der Waals surface area contributed by atoms with Crippen LogP contribution in [-0.4, -0.2) is 47.3 Å². The van der Waals surface area contributed by atoms with Crippen molar-refractivity contribution in [2.24, 2.45) is 0 Å². The van der Waals surface area contributed by atoms with Crippen molar-refractivity contribution in [1.29, 1.82) is 0 Å². The second-order valence-electron chi connectivity index (χ2n) is 5.84. The summed E-state index contributed by atoms with van der Waals surface area (Å²) in [4.78, 5) is 36.3. The molecule has 2 rings (SSSR count). The topological polar surface area (TPSA) is 84.9 Å². The summed E-state index contributed by atoms with van der Waals surface area (Å²) in [5.74, 6) is -0.481. The van der Waals surface area contributed by atoms with Gasteiger partial charge in [-0.05, 0) is 33.6 Å². The molecule has 0 aromatic carbocycles. The number of ether oxygens (including phenoxy) is 2. The summed E-state index contributed by atoms with van der Waals surface area (Å²) in [5.41, 5.74) is -1.84. The second kappa shape index (κ2) is 4.40. The Balaban J connectivity index is 2.07. The van der Waals surface area contributed by atoms with E-state index < -0.39 is 29.3 Å². The van der Waals surface area contributed by atoms with Crippen molar-refractivity contribution < 1.29 is 23.9 Å². The van der Waals surface area contributed by atoms with Crippen molar-refractivity contribution in [3.05, 3.63) is 0 Å². The van der Waals surface area contributed by atoms with Gasteiger partial charge in [-0.2, -0.15) is 0 Å². The predicted molar refractivity (Wildman–Crippen MR) is 64.4 cm³/mol. The van der Waals surface area contributed by atoms with Gasteiger partial charge in [0.15, 0.2) is 0 Å². The predicted octanol–water partition coefficient (Wildman–Crippen LogP) is 1.02. The molecule has 2 heterocycles. The number of carbonyl (C=O) groups is 3. The molecule has 7 nitrogen and oxygen atoms in total. The molecule has 2 saturated heterocycles. The number of imide groups is 1. The van der Waals surface area contributed by atoms with E-state index in [2.05, 4.69) is 5.32 Å². The Morgan fingerprint density at radius 3 is 2.63 bits per heavy atom. The summed E-state index contributed by atoms with van der Waals surface area (Å²) < 4.78 is 10.3. The zero-order chi connectivity index (χ0) is 14.3. The molecule has 2 aliphatic rings. The Labute approximate surface area is 111 Å². The van der Waals surface area contributed by atoms with Gasteiger partial charge in [0, 0.05) is 6.54 Å². The molecular weight excluding hydrogens is 252 g/mol. The molecule has 2 aliphatic heterocycles. The Bertz CT molecular complexity index is 428. The summed E-state index contributed by atoms with van der Waals surface area (Å²) in [7, 11) is 0. The first kappa shape index (κ1) is 13.6. The molecule has 0 saturated carbocycles. The Morgan fingerprint density at radius 2 is 2.11 bits per heavy atom. The minimum Gasteiger partial charge on any atom is -0.444 e. The lowest BCUT2D eigenvalue weighted by molar-refractivity contribution is -0.135. The van der Waals surface area contributed by atoms with Gasteiger partial charge in [-0.1, -0.05) is 0 Å². The monoisotopic (exact) mass is 270 g/mol.